The number of benzene rings is 1. The zero-order valence-electron chi connectivity index (χ0n) is 13.5. The number of carboxylic acids is 1. The molecule has 0 aliphatic carbocycles. The van der Waals surface area contributed by atoms with Crippen LogP contribution in [0.1, 0.15) is 17.7 Å². The number of aryl methyl sites for hydroxylation is 1. The summed E-state index contributed by atoms with van der Waals surface area (Å²) in [4.78, 5) is 15.4. The highest BCUT2D eigenvalue weighted by molar-refractivity contribution is 5.86. The first-order valence-electron chi connectivity index (χ1n) is 7.43. The summed E-state index contributed by atoms with van der Waals surface area (Å²) >= 11 is 0. The number of hydrogen-bond donors (Lipinski definition) is 1. The minimum absolute atomic E-state index is 0.121. The van der Waals surface area contributed by atoms with Crippen LogP contribution in [0.25, 0.3) is 22.3 Å². The summed E-state index contributed by atoms with van der Waals surface area (Å²) in [5.74, 6) is -0.565. The van der Waals surface area contributed by atoms with Crippen LogP contribution in [0.15, 0.2) is 30.3 Å². The Hall–Kier alpha value is -3.03. The average molecular weight is 347 g/mol. The van der Waals surface area contributed by atoms with Gasteiger partial charge in [-0.05, 0) is 25.1 Å². The molecule has 0 amide bonds. The van der Waals surface area contributed by atoms with E-state index in [0.29, 0.717) is 22.7 Å². The first-order valence-corrected chi connectivity index (χ1v) is 7.43. The van der Waals surface area contributed by atoms with Gasteiger partial charge >= 0.3 is 5.97 Å². The number of nitrogens with zero attached hydrogens (tertiary/aromatic N) is 3. The van der Waals surface area contributed by atoms with Crippen molar-refractivity contribution in [2.75, 3.05) is 7.11 Å². The van der Waals surface area contributed by atoms with Crippen molar-refractivity contribution in [3.8, 4) is 17.0 Å². The number of methoxy groups -OCH3 is 1. The molecule has 0 bridgehead atoms. The van der Waals surface area contributed by atoms with Crippen LogP contribution in [0, 0.1) is 6.92 Å². The van der Waals surface area contributed by atoms with E-state index in [-0.39, 0.29) is 16.6 Å². The van der Waals surface area contributed by atoms with Crippen molar-refractivity contribution in [2.45, 2.75) is 19.9 Å². The Morgan fingerprint density at radius 3 is 2.76 bits per heavy atom. The van der Waals surface area contributed by atoms with Crippen LogP contribution in [-0.4, -0.2) is 33.0 Å². The normalized spacial score (nSPS) is 11.2. The Labute approximate surface area is 141 Å². The molecule has 8 heteroatoms. The third-order valence-corrected chi connectivity index (χ3v) is 3.79. The zero-order chi connectivity index (χ0) is 18.1. The SMILES string of the molecule is COc1cccc(-c2cc(C(F)F)c3c(C)nn(CC(=O)O)c3n2)c1. The molecule has 1 aromatic carbocycles. The third kappa shape index (κ3) is 3.15. The number of rotatable bonds is 5. The van der Waals surface area contributed by atoms with Crippen molar-refractivity contribution in [3.05, 3.63) is 41.6 Å². The standard InChI is InChI=1S/C17H15F2N3O3/c1-9-15-12(16(18)19)7-13(10-4-3-5-11(6-10)25-2)20-17(15)22(21-9)8-14(23)24/h3-7,16H,8H2,1-2H3,(H,23,24). The minimum atomic E-state index is -2.74. The summed E-state index contributed by atoms with van der Waals surface area (Å²) < 4.78 is 33.4. The lowest BCUT2D eigenvalue weighted by Gasteiger charge is -2.09. The van der Waals surface area contributed by atoms with Crippen molar-refractivity contribution in [1.82, 2.24) is 14.8 Å². The minimum Gasteiger partial charge on any atom is -0.497 e. The molecule has 130 valence electrons. The number of pyridine rings is 1. The molecule has 0 unspecified atom stereocenters. The maximum atomic E-state index is 13.6. The van der Waals surface area contributed by atoms with Crippen LogP contribution in [-0.2, 0) is 11.3 Å². The third-order valence-electron chi connectivity index (χ3n) is 3.79. The number of carbonyl (C=O) groups is 1. The lowest BCUT2D eigenvalue weighted by atomic mass is 10.1. The van der Waals surface area contributed by atoms with Gasteiger partial charge in [0.2, 0.25) is 0 Å². The highest BCUT2D eigenvalue weighted by Crippen LogP contribution is 2.33. The fraction of sp³-hybridized carbons (Fsp3) is 0.235. The maximum Gasteiger partial charge on any atom is 0.325 e. The first-order chi connectivity index (χ1) is 11.9. The van der Waals surface area contributed by atoms with Gasteiger partial charge in [0.25, 0.3) is 6.43 Å². The summed E-state index contributed by atoms with van der Waals surface area (Å²) in [6.45, 7) is 1.10. The second-order valence-corrected chi connectivity index (χ2v) is 5.46. The van der Waals surface area contributed by atoms with Crippen molar-refractivity contribution in [3.63, 3.8) is 0 Å². The smallest absolute Gasteiger partial charge is 0.325 e. The topological polar surface area (TPSA) is 77.2 Å². The summed E-state index contributed by atoms with van der Waals surface area (Å²) in [5, 5.41) is 13.3. The molecular formula is C17H15F2N3O3. The quantitative estimate of drug-likeness (QED) is 0.765. The summed E-state index contributed by atoms with van der Waals surface area (Å²) in [7, 11) is 1.51. The van der Waals surface area contributed by atoms with Gasteiger partial charge in [-0.25, -0.2) is 18.4 Å². The van der Waals surface area contributed by atoms with Gasteiger partial charge in [-0.3, -0.25) is 4.79 Å². The Morgan fingerprint density at radius 1 is 1.36 bits per heavy atom. The lowest BCUT2D eigenvalue weighted by molar-refractivity contribution is -0.137. The van der Waals surface area contributed by atoms with E-state index in [1.165, 1.54) is 13.2 Å². The highest BCUT2D eigenvalue weighted by Gasteiger charge is 2.21. The largest absolute Gasteiger partial charge is 0.497 e. The van der Waals surface area contributed by atoms with Crippen molar-refractivity contribution < 1.29 is 23.4 Å². The number of alkyl halides is 2. The van der Waals surface area contributed by atoms with Gasteiger partial charge in [0.15, 0.2) is 5.65 Å². The highest BCUT2D eigenvalue weighted by atomic mass is 19.3. The number of fused-ring (bicyclic) bond motifs is 1. The Kier molecular flexibility index (Phi) is 4.35. The number of carboxylic acid groups (broad SMARTS) is 1. The second-order valence-electron chi connectivity index (χ2n) is 5.46. The van der Waals surface area contributed by atoms with Crippen molar-refractivity contribution in [2.24, 2.45) is 0 Å². The fourth-order valence-electron chi connectivity index (χ4n) is 2.73. The second kappa shape index (κ2) is 6.46. The van der Waals surface area contributed by atoms with Gasteiger partial charge in [-0.15, -0.1) is 0 Å². The molecule has 0 aliphatic rings. The van der Waals surface area contributed by atoms with Gasteiger partial charge in [0, 0.05) is 11.1 Å². The van der Waals surface area contributed by atoms with Crippen LogP contribution in [0.3, 0.4) is 0 Å². The van der Waals surface area contributed by atoms with Crippen LogP contribution < -0.4 is 4.74 Å². The number of hydrogen-bond acceptors (Lipinski definition) is 4. The monoisotopic (exact) mass is 347 g/mol. The Morgan fingerprint density at radius 2 is 2.12 bits per heavy atom. The molecule has 2 heterocycles. The van der Waals surface area contributed by atoms with Crippen LogP contribution in [0.2, 0.25) is 0 Å². The Bertz CT molecular complexity index is 954. The van der Waals surface area contributed by atoms with Crippen molar-refractivity contribution in [1.29, 1.82) is 0 Å². The number of ether oxygens (including phenoxy) is 1. The molecule has 0 radical (unpaired) electrons. The van der Waals surface area contributed by atoms with E-state index in [2.05, 4.69) is 10.1 Å². The predicted octanol–water partition coefficient (Wildman–Crippen LogP) is 3.44. The van der Waals surface area contributed by atoms with Gasteiger partial charge in [-0.1, -0.05) is 12.1 Å². The van der Waals surface area contributed by atoms with E-state index >= 15 is 0 Å². The van der Waals surface area contributed by atoms with Crippen LogP contribution in [0.5, 0.6) is 5.75 Å². The van der Waals surface area contributed by atoms with Gasteiger partial charge in [0.1, 0.15) is 12.3 Å². The molecule has 3 aromatic rings. The zero-order valence-corrected chi connectivity index (χ0v) is 13.5. The van der Waals surface area contributed by atoms with E-state index in [0.717, 1.165) is 4.68 Å². The molecule has 0 spiro atoms. The molecular weight excluding hydrogens is 332 g/mol. The summed E-state index contributed by atoms with van der Waals surface area (Å²) in [6, 6.07) is 8.16. The van der Waals surface area contributed by atoms with E-state index in [4.69, 9.17) is 9.84 Å². The molecule has 0 aliphatic heterocycles. The average Bonchev–Trinajstić information content (AvgIpc) is 2.89. The molecule has 0 saturated heterocycles. The molecule has 0 fully saturated rings. The molecule has 2 aromatic heterocycles. The van der Waals surface area contributed by atoms with Crippen LogP contribution >= 0.6 is 0 Å². The molecule has 6 nitrogen and oxygen atoms in total. The molecule has 3 rings (SSSR count). The number of halogens is 2. The van der Waals surface area contributed by atoms with E-state index in [9.17, 15) is 13.6 Å². The summed E-state index contributed by atoms with van der Waals surface area (Å²) in [6.07, 6.45) is -2.74. The van der Waals surface area contributed by atoms with E-state index in [1.807, 2.05) is 0 Å². The van der Waals surface area contributed by atoms with E-state index < -0.39 is 18.9 Å². The summed E-state index contributed by atoms with van der Waals surface area (Å²) in [5.41, 5.74) is 1.10. The predicted molar refractivity (Wildman–Crippen MR) is 86.8 cm³/mol. The van der Waals surface area contributed by atoms with Crippen LogP contribution in [0.4, 0.5) is 8.78 Å². The van der Waals surface area contributed by atoms with E-state index in [1.54, 1.807) is 31.2 Å². The molecule has 0 saturated carbocycles. The molecule has 0 atom stereocenters. The van der Waals surface area contributed by atoms with Crippen molar-refractivity contribution >= 4 is 17.0 Å². The van der Waals surface area contributed by atoms with Gasteiger partial charge < -0.3 is 9.84 Å². The lowest BCUT2D eigenvalue weighted by Crippen LogP contribution is -2.11. The van der Waals surface area contributed by atoms with Gasteiger partial charge in [0.05, 0.1) is 23.9 Å². The molecule has 1 N–H and O–H groups in total. The first kappa shape index (κ1) is 16.8. The number of aliphatic carboxylic acids is 1. The fourth-order valence-corrected chi connectivity index (χ4v) is 2.73. The molecule has 25 heavy (non-hydrogen) atoms. The maximum absolute atomic E-state index is 13.6. The Balaban J connectivity index is 2.28. The number of aromatic nitrogens is 3. The van der Waals surface area contributed by atoms with Gasteiger partial charge in [-0.2, -0.15) is 5.10 Å².